The Kier molecular flexibility index (Phi) is 5.92. The third-order valence-electron chi connectivity index (χ3n) is 3.80. The van der Waals surface area contributed by atoms with E-state index >= 15 is 0 Å². The second kappa shape index (κ2) is 7.70. The largest absolute Gasteiger partial charge is 0.349 e. The van der Waals surface area contributed by atoms with Gasteiger partial charge in [-0.3, -0.25) is 4.79 Å². The lowest BCUT2D eigenvalue weighted by Crippen LogP contribution is -2.33. The maximum Gasteiger partial charge on any atom is 0.251 e. The number of nitrogens with one attached hydrogen (secondary N) is 1. The Hall–Kier alpha value is -1.00. The van der Waals surface area contributed by atoms with Crippen LogP contribution < -0.4 is 11.1 Å². The number of thioether (sulfide) groups is 1. The lowest BCUT2D eigenvalue weighted by Gasteiger charge is -2.15. The highest BCUT2D eigenvalue weighted by Gasteiger charge is 2.26. The molecule has 1 aliphatic carbocycles. The van der Waals surface area contributed by atoms with E-state index in [1.165, 1.54) is 6.42 Å². The molecule has 110 valence electrons. The number of amides is 1. The van der Waals surface area contributed by atoms with Crippen molar-refractivity contribution in [1.82, 2.24) is 5.32 Å². The minimum absolute atomic E-state index is 0.0567. The number of nitrogens with two attached hydrogens (primary N) is 1. The van der Waals surface area contributed by atoms with Crippen molar-refractivity contribution in [3.8, 4) is 0 Å². The highest BCUT2D eigenvalue weighted by atomic mass is 32.2. The average molecular weight is 292 g/mol. The molecule has 0 aliphatic heterocycles. The number of carbonyl (C=O) groups is 1. The molecule has 1 amide bonds. The number of rotatable bonds is 6. The summed E-state index contributed by atoms with van der Waals surface area (Å²) < 4.78 is 0. The number of benzene rings is 1. The highest BCUT2D eigenvalue weighted by Crippen LogP contribution is 2.29. The summed E-state index contributed by atoms with van der Waals surface area (Å²) in [6.07, 6.45) is 4.17. The molecule has 4 heteroatoms. The molecule has 0 radical (unpaired) electrons. The van der Waals surface area contributed by atoms with Crippen LogP contribution in [-0.4, -0.2) is 29.5 Å². The van der Waals surface area contributed by atoms with Crippen molar-refractivity contribution < 1.29 is 4.79 Å². The fourth-order valence-electron chi connectivity index (χ4n) is 2.84. The molecule has 0 aromatic heterocycles. The fraction of sp³-hybridized carbons (Fsp3) is 0.562. The first kappa shape index (κ1) is 15.4. The number of hydrogen-bond acceptors (Lipinski definition) is 3. The number of hydrogen-bond donors (Lipinski definition) is 2. The molecule has 2 unspecified atom stereocenters. The second-order valence-electron chi connectivity index (χ2n) is 5.26. The van der Waals surface area contributed by atoms with Crippen molar-refractivity contribution >= 4 is 17.7 Å². The minimum atomic E-state index is 0.0567. The Labute approximate surface area is 125 Å². The van der Waals surface area contributed by atoms with Gasteiger partial charge in [0.05, 0.1) is 0 Å². The van der Waals surface area contributed by atoms with Crippen LogP contribution in [0.4, 0.5) is 0 Å². The molecule has 20 heavy (non-hydrogen) atoms. The Balaban J connectivity index is 1.95. The molecule has 1 aliphatic rings. The van der Waals surface area contributed by atoms with Crippen molar-refractivity contribution in [2.24, 2.45) is 5.73 Å². The van der Waals surface area contributed by atoms with Gasteiger partial charge in [-0.2, -0.15) is 11.8 Å². The summed E-state index contributed by atoms with van der Waals surface area (Å²) in [5.41, 5.74) is 7.44. The van der Waals surface area contributed by atoms with Gasteiger partial charge in [-0.25, -0.2) is 0 Å². The van der Waals surface area contributed by atoms with Gasteiger partial charge in [-0.05, 0) is 49.6 Å². The molecular formula is C16H24N2OS. The first-order valence-corrected chi connectivity index (χ1v) is 8.50. The van der Waals surface area contributed by atoms with Crippen LogP contribution in [-0.2, 0) is 6.42 Å². The molecule has 1 fully saturated rings. The van der Waals surface area contributed by atoms with Crippen molar-refractivity contribution in [3.05, 3.63) is 35.4 Å². The minimum Gasteiger partial charge on any atom is -0.349 e. The molecule has 1 aromatic carbocycles. The van der Waals surface area contributed by atoms with Crippen LogP contribution in [0.25, 0.3) is 0 Å². The van der Waals surface area contributed by atoms with E-state index in [1.54, 1.807) is 0 Å². The molecule has 3 nitrogen and oxygen atoms in total. The molecule has 0 saturated heterocycles. The first-order valence-electron chi connectivity index (χ1n) is 7.45. The van der Waals surface area contributed by atoms with E-state index < -0.39 is 0 Å². The Morgan fingerprint density at radius 2 is 2.20 bits per heavy atom. The molecule has 0 heterocycles. The third kappa shape index (κ3) is 4.00. The zero-order valence-corrected chi connectivity index (χ0v) is 12.9. The lowest BCUT2D eigenvalue weighted by atomic mass is 10.0. The van der Waals surface area contributed by atoms with E-state index in [2.05, 4.69) is 12.2 Å². The molecule has 0 spiro atoms. The topological polar surface area (TPSA) is 55.1 Å². The van der Waals surface area contributed by atoms with Gasteiger partial charge in [0.25, 0.3) is 5.91 Å². The van der Waals surface area contributed by atoms with Gasteiger partial charge in [0.2, 0.25) is 0 Å². The molecular weight excluding hydrogens is 268 g/mol. The molecule has 1 saturated carbocycles. The zero-order chi connectivity index (χ0) is 14.4. The summed E-state index contributed by atoms with van der Waals surface area (Å²) in [6.45, 7) is 2.77. The zero-order valence-electron chi connectivity index (χ0n) is 12.1. The highest BCUT2D eigenvalue weighted by molar-refractivity contribution is 7.99. The van der Waals surface area contributed by atoms with Crippen LogP contribution in [0, 0.1) is 0 Å². The standard InChI is InChI=1S/C16H24N2OS/c1-2-20-14-8-7-13(11-14)18-16(19)15-6-4-3-5-12(15)9-10-17/h3-6,13-14H,2,7-11,17H2,1H3,(H,18,19). The van der Waals surface area contributed by atoms with Crippen LogP contribution in [0.5, 0.6) is 0 Å². The van der Waals surface area contributed by atoms with Gasteiger partial charge in [-0.1, -0.05) is 25.1 Å². The van der Waals surface area contributed by atoms with Crippen molar-refractivity contribution in [3.63, 3.8) is 0 Å². The summed E-state index contributed by atoms with van der Waals surface area (Å²) in [7, 11) is 0. The Morgan fingerprint density at radius 3 is 2.95 bits per heavy atom. The Bertz CT molecular complexity index is 450. The van der Waals surface area contributed by atoms with Gasteiger partial charge >= 0.3 is 0 Å². The lowest BCUT2D eigenvalue weighted by molar-refractivity contribution is 0.0937. The summed E-state index contributed by atoms with van der Waals surface area (Å²) in [4.78, 5) is 12.4. The second-order valence-corrected chi connectivity index (χ2v) is 6.83. The van der Waals surface area contributed by atoms with Crippen LogP contribution in [0.2, 0.25) is 0 Å². The SMILES string of the molecule is CCSC1CCC(NC(=O)c2ccccc2CCN)C1. The molecule has 1 aromatic rings. The average Bonchev–Trinajstić information content (AvgIpc) is 2.87. The van der Waals surface area contributed by atoms with Gasteiger partial charge in [0.1, 0.15) is 0 Å². The quantitative estimate of drug-likeness (QED) is 0.847. The van der Waals surface area contributed by atoms with Crippen LogP contribution >= 0.6 is 11.8 Å². The summed E-state index contributed by atoms with van der Waals surface area (Å²) in [5.74, 6) is 1.21. The predicted octanol–water partition coefficient (Wildman–Crippen LogP) is 2.59. The Morgan fingerprint density at radius 1 is 1.40 bits per heavy atom. The maximum absolute atomic E-state index is 12.4. The van der Waals surface area contributed by atoms with Crippen molar-refractivity contribution in [2.75, 3.05) is 12.3 Å². The summed E-state index contributed by atoms with van der Waals surface area (Å²) in [6, 6.07) is 8.10. The van der Waals surface area contributed by atoms with Crippen LogP contribution in [0.3, 0.4) is 0 Å². The monoisotopic (exact) mass is 292 g/mol. The van der Waals surface area contributed by atoms with Gasteiger partial charge in [-0.15, -0.1) is 0 Å². The normalized spacial score (nSPS) is 21.9. The smallest absolute Gasteiger partial charge is 0.251 e. The molecule has 3 N–H and O–H groups in total. The maximum atomic E-state index is 12.4. The summed E-state index contributed by atoms with van der Waals surface area (Å²) >= 11 is 2.01. The van der Waals surface area contributed by atoms with E-state index in [0.29, 0.717) is 17.8 Å². The van der Waals surface area contributed by atoms with Crippen LogP contribution in [0.15, 0.2) is 24.3 Å². The number of carbonyl (C=O) groups excluding carboxylic acids is 1. The van der Waals surface area contributed by atoms with E-state index in [0.717, 1.165) is 36.1 Å². The fourth-order valence-corrected chi connectivity index (χ4v) is 3.98. The van der Waals surface area contributed by atoms with Crippen LogP contribution in [0.1, 0.15) is 42.1 Å². The van der Waals surface area contributed by atoms with Gasteiger partial charge in [0.15, 0.2) is 0 Å². The molecule has 2 rings (SSSR count). The molecule has 0 bridgehead atoms. The van der Waals surface area contributed by atoms with Gasteiger partial charge in [0, 0.05) is 16.9 Å². The third-order valence-corrected chi connectivity index (χ3v) is 5.03. The van der Waals surface area contributed by atoms with Crippen molar-refractivity contribution in [1.29, 1.82) is 0 Å². The molecule has 2 atom stereocenters. The van der Waals surface area contributed by atoms with E-state index in [1.807, 2.05) is 36.0 Å². The summed E-state index contributed by atoms with van der Waals surface area (Å²) in [5, 5.41) is 3.90. The van der Waals surface area contributed by atoms with E-state index in [4.69, 9.17) is 5.73 Å². The van der Waals surface area contributed by atoms with Crippen molar-refractivity contribution in [2.45, 2.75) is 43.9 Å². The van der Waals surface area contributed by atoms with E-state index in [9.17, 15) is 4.79 Å². The van der Waals surface area contributed by atoms with Gasteiger partial charge < -0.3 is 11.1 Å². The predicted molar refractivity (Wildman–Crippen MR) is 86.2 cm³/mol. The first-order chi connectivity index (χ1) is 9.74. The van der Waals surface area contributed by atoms with E-state index in [-0.39, 0.29) is 5.91 Å².